The number of carbonyl (C=O) groups is 1. The lowest BCUT2D eigenvalue weighted by molar-refractivity contribution is 0.0635. The lowest BCUT2D eigenvalue weighted by Crippen LogP contribution is -2.30. The predicted octanol–water partition coefficient (Wildman–Crippen LogP) is 4.39. The van der Waals surface area contributed by atoms with Crippen LogP contribution in [0.1, 0.15) is 42.0 Å². The lowest BCUT2D eigenvalue weighted by atomic mass is 10.2. The van der Waals surface area contributed by atoms with E-state index in [9.17, 15) is 14.0 Å². The SMILES string of the molecule is C.CC.COc1cnc(-n2cccc(NC(=O)OC(C)(C)C)c2=O)c(F)c1. The summed E-state index contributed by atoms with van der Waals surface area (Å²) in [6.45, 7) is 9.10. The lowest BCUT2D eigenvalue weighted by Gasteiger charge is -2.19. The first-order valence-electron chi connectivity index (χ1n) is 8.13. The number of rotatable bonds is 3. The Bertz CT molecular complexity index is 813. The van der Waals surface area contributed by atoms with E-state index in [2.05, 4.69) is 10.3 Å². The summed E-state index contributed by atoms with van der Waals surface area (Å²) in [7, 11) is 1.38. The number of hydrogen-bond donors (Lipinski definition) is 1. The molecule has 0 radical (unpaired) electrons. The first kappa shape index (κ1) is 24.1. The first-order valence-corrected chi connectivity index (χ1v) is 8.13. The molecule has 0 bridgehead atoms. The molecular weight excluding hydrogens is 353 g/mol. The van der Waals surface area contributed by atoms with Crippen LogP contribution in [0.3, 0.4) is 0 Å². The second-order valence-electron chi connectivity index (χ2n) is 5.90. The van der Waals surface area contributed by atoms with Gasteiger partial charge in [0, 0.05) is 12.3 Å². The number of ether oxygens (including phenoxy) is 2. The van der Waals surface area contributed by atoms with Crippen molar-refractivity contribution >= 4 is 11.8 Å². The summed E-state index contributed by atoms with van der Waals surface area (Å²) in [5.41, 5.74) is -1.40. The number of nitrogens with zero attached hydrogens (tertiary/aromatic N) is 2. The molecular formula is C19H28FN3O4. The number of anilines is 1. The Morgan fingerprint density at radius 1 is 1.30 bits per heavy atom. The fourth-order valence-corrected chi connectivity index (χ4v) is 1.87. The van der Waals surface area contributed by atoms with E-state index in [0.29, 0.717) is 0 Å². The van der Waals surface area contributed by atoms with Crippen LogP contribution in [0.5, 0.6) is 5.75 Å². The summed E-state index contributed by atoms with van der Waals surface area (Å²) in [5.74, 6) is -0.702. The molecule has 1 N–H and O–H groups in total. The molecule has 0 aromatic carbocycles. The van der Waals surface area contributed by atoms with Gasteiger partial charge in [0.1, 0.15) is 17.0 Å². The summed E-state index contributed by atoms with van der Waals surface area (Å²) in [5, 5.41) is 2.35. The standard InChI is InChI=1S/C16H18FN3O4.C2H6.CH4/c1-16(2,3)24-15(22)19-12-6-5-7-20(14(12)21)13-11(17)8-10(23-4)9-18-13;1-2;/h5-9H,1-4H3,(H,19,22);1-2H3;1H4. The van der Waals surface area contributed by atoms with E-state index in [1.54, 1.807) is 20.8 Å². The quantitative estimate of drug-likeness (QED) is 0.853. The van der Waals surface area contributed by atoms with Gasteiger partial charge in [-0.1, -0.05) is 21.3 Å². The molecule has 0 unspecified atom stereocenters. The minimum absolute atomic E-state index is 0. The Kier molecular flexibility index (Phi) is 9.19. The molecule has 0 saturated carbocycles. The van der Waals surface area contributed by atoms with E-state index in [1.807, 2.05) is 13.8 Å². The Hall–Kier alpha value is -2.90. The van der Waals surface area contributed by atoms with E-state index in [1.165, 1.54) is 31.6 Å². The predicted molar refractivity (Wildman–Crippen MR) is 104 cm³/mol. The molecule has 1 amide bonds. The molecule has 0 atom stereocenters. The van der Waals surface area contributed by atoms with Crippen molar-refractivity contribution in [3.63, 3.8) is 0 Å². The number of methoxy groups -OCH3 is 1. The van der Waals surface area contributed by atoms with Crippen LogP contribution in [0.4, 0.5) is 14.9 Å². The summed E-state index contributed by atoms with van der Waals surface area (Å²) in [6.07, 6.45) is 1.86. The first-order chi connectivity index (χ1) is 12.2. The number of aromatic nitrogens is 2. The van der Waals surface area contributed by atoms with Gasteiger partial charge in [0.25, 0.3) is 5.56 Å². The third-order valence-corrected chi connectivity index (χ3v) is 2.84. The number of nitrogens with one attached hydrogen (secondary N) is 1. The number of halogens is 1. The van der Waals surface area contributed by atoms with Gasteiger partial charge in [0.15, 0.2) is 11.6 Å². The number of pyridine rings is 2. The Morgan fingerprint density at radius 2 is 1.93 bits per heavy atom. The third kappa shape index (κ3) is 6.73. The van der Waals surface area contributed by atoms with Crippen LogP contribution >= 0.6 is 0 Å². The number of hydrogen-bond acceptors (Lipinski definition) is 5. The van der Waals surface area contributed by atoms with E-state index < -0.39 is 23.1 Å². The van der Waals surface area contributed by atoms with Crippen molar-refractivity contribution in [3.8, 4) is 11.6 Å². The van der Waals surface area contributed by atoms with Gasteiger partial charge < -0.3 is 9.47 Å². The van der Waals surface area contributed by atoms with Gasteiger partial charge in [-0.05, 0) is 32.9 Å². The van der Waals surface area contributed by atoms with Crippen LogP contribution in [-0.4, -0.2) is 28.4 Å². The molecule has 2 rings (SSSR count). The maximum absolute atomic E-state index is 14.1. The van der Waals surface area contributed by atoms with Crippen molar-refractivity contribution in [2.45, 2.75) is 47.6 Å². The van der Waals surface area contributed by atoms with Gasteiger partial charge in [0.05, 0.1) is 13.3 Å². The maximum atomic E-state index is 14.1. The van der Waals surface area contributed by atoms with Crippen LogP contribution in [0.25, 0.3) is 5.82 Å². The zero-order valence-electron chi connectivity index (χ0n) is 15.8. The average Bonchev–Trinajstić information content (AvgIpc) is 2.57. The van der Waals surface area contributed by atoms with Crippen LogP contribution < -0.4 is 15.6 Å². The van der Waals surface area contributed by atoms with Gasteiger partial charge in [-0.15, -0.1) is 0 Å². The molecule has 150 valence electrons. The largest absolute Gasteiger partial charge is 0.495 e. The Labute approximate surface area is 159 Å². The molecule has 7 nitrogen and oxygen atoms in total. The van der Waals surface area contributed by atoms with Crippen molar-refractivity contribution in [3.05, 3.63) is 46.8 Å². The van der Waals surface area contributed by atoms with Crippen molar-refractivity contribution in [2.75, 3.05) is 12.4 Å². The minimum Gasteiger partial charge on any atom is -0.495 e. The molecule has 27 heavy (non-hydrogen) atoms. The molecule has 0 aliphatic heterocycles. The normalized spacial score (nSPS) is 10.0. The van der Waals surface area contributed by atoms with Crippen molar-refractivity contribution < 1.29 is 18.7 Å². The second kappa shape index (κ2) is 10.3. The van der Waals surface area contributed by atoms with Crippen LogP contribution in [0.15, 0.2) is 35.4 Å². The minimum atomic E-state index is -0.777. The molecule has 0 aliphatic rings. The fourth-order valence-electron chi connectivity index (χ4n) is 1.87. The van der Waals surface area contributed by atoms with Gasteiger partial charge in [-0.3, -0.25) is 14.7 Å². The van der Waals surface area contributed by atoms with Crippen LogP contribution in [0, 0.1) is 5.82 Å². The third-order valence-electron chi connectivity index (χ3n) is 2.84. The van der Waals surface area contributed by atoms with Gasteiger partial charge in [-0.2, -0.15) is 0 Å². The number of amides is 1. The van der Waals surface area contributed by atoms with Crippen LogP contribution in [0.2, 0.25) is 0 Å². The molecule has 2 aromatic heterocycles. The van der Waals surface area contributed by atoms with E-state index >= 15 is 0 Å². The number of carbonyl (C=O) groups excluding carboxylic acids is 1. The van der Waals surface area contributed by atoms with Crippen molar-refractivity contribution in [1.29, 1.82) is 0 Å². The summed E-state index contributed by atoms with van der Waals surface area (Å²) >= 11 is 0. The smallest absolute Gasteiger partial charge is 0.412 e. The molecule has 0 saturated heterocycles. The highest BCUT2D eigenvalue weighted by molar-refractivity contribution is 5.84. The van der Waals surface area contributed by atoms with E-state index in [4.69, 9.17) is 9.47 Å². The highest BCUT2D eigenvalue weighted by atomic mass is 19.1. The van der Waals surface area contributed by atoms with Crippen molar-refractivity contribution in [1.82, 2.24) is 9.55 Å². The Morgan fingerprint density at radius 3 is 2.44 bits per heavy atom. The van der Waals surface area contributed by atoms with Gasteiger partial charge in [0.2, 0.25) is 0 Å². The van der Waals surface area contributed by atoms with Crippen LogP contribution in [-0.2, 0) is 4.74 Å². The molecule has 8 heteroatoms. The summed E-state index contributed by atoms with van der Waals surface area (Å²) < 4.78 is 25.1. The van der Waals surface area contributed by atoms with Gasteiger partial charge >= 0.3 is 6.09 Å². The maximum Gasteiger partial charge on any atom is 0.412 e. The molecule has 2 heterocycles. The van der Waals surface area contributed by atoms with E-state index in [-0.39, 0.29) is 24.7 Å². The second-order valence-corrected chi connectivity index (χ2v) is 5.90. The zero-order valence-corrected chi connectivity index (χ0v) is 15.8. The average molecular weight is 381 g/mol. The van der Waals surface area contributed by atoms with Gasteiger partial charge in [-0.25, -0.2) is 14.2 Å². The summed E-state index contributed by atoms with van der Waals surface area (Å²) in [6, 6.07) is 3.99. The molecule has 2 aromatic rings. The fraction of sp³-hybridized carbons (Fsp3) is 0.421. The molecule has 0 fully saturated rings. The molecule has 0 spiro atoms. The topological polar surface area (TPSA) is 82.4 Å². The summed E-state index contributed by atoms with van der Waals surface area (Å²) in [4.78, 5) is 28.1. The highest BCUT2D eigenvalue weighted by Gasteiger charge is 2.18. The Balaban J connectivity index is 0.00000218. The highest BCUT2D eigenvalue weighted by Crippen LogP contribution is 2.16. The molecule has 0 aliphatic carbocycles. The zero-order chi connectivity index (χ0) is 19.9. The van der Waals surface area contributed by atoms with E-state index in [0.717, 1.165) is 10.6 Å². The van der Waals surface area contributed by atoms with Crippen molar-refractivity contribution in [2.24, 2.45) is 0 Å². The monoisotopic (exact) mass is 381 g/mol.